The van der Waals surface area contributed by atoms with Crippen LogP contribution in [0.2, 0.25) is 0 Å². The summed E-state index contributed by atoms with van der Waals surface area (Å²) in [6, 6.07) is 0. The summed E-state index contributed by atoms with van der Waals surface area (Å²) in [4.78, 5) is 19.2. The average Bonchev–Trinajstić information content (AvgIpc) is 3.24. The third-order valence-electron chi connectivity index (χ3n) is 4.82. The number of nitrogens with zero attached hydrogens (tertiary/aromatic N) is 3. The molecular weight excluding hydrogens is 278 g/mol. The summed E-state index contributed by atoms with van der Waals surface area (Å²) in [5.74, 6) is 2.78. The Labute approximate surface area is 131 Å². The van der Waals surface area contributed by atoms with Crippen LogP contribution in [-0.4, -0.2) is 44.6 Å². The first-order valence-corrected chi connectivity index (χ1v) is 8.51. The second-order valence-electron chi connectivity index (χ2n) is 7.11. The van der Waals surface area contributed by atoms with Crippen molar-refractivity contribution in [3.8, 4) is 0 Å². The molecule has 2 aliphatic rings. The summed E-state index contributed by atoms with van der Waals surface area (Å²) in [6.07, 6.45) is 6.10. The highest BCUT2D eigenvalue weighted by Gasteiger charge is 2.36. The molecule has 2 atom stereocenters. The zero-order valence-corrected chi connectivity index (χ0v) is 13.6. The Morgan fingerprint density at radius 3 is 2.86 bits per heavy atom. The highest BCUT2D eigenvalue weighted by atomic mass is 16.2. The van der Waals surface area contributed by atoms with Gasteiger partial charge in [-0.25, -0.2) is 4.98 Å². The van der Waals surface area contributed by atoms with Crippen LogP contribution in [0.3, 0.4) is 0 Å². The molecule has 1 aliphatic carbocycles. The maximum atomic E-state index is 12.7. The minimum atomic E-state index is -0.755. The van der Waals surface area contributed by atoms with E-state index < -0.39 is 5.54 Å². The third-order valence-corrected chi connectivity index (χ3v) is 4.82. The predicted molar refractivity (Wildman–Crippen MR) is 84.4 cm³/mol. The van der Waals surface area contributed by atoms with E-state index in [4.69, 9.17) is 5.73 Å². The van der Waals surface area contributed by atoms with Crippen molar-refractivity contribution in [2.24, 2.45) is 5.73 Å². The van der Waals surface area contributed by atoms with E-state index in [1.165, 1.54) is 12.8 Å². The Morgan fingerprint density at radius 1 is 1.41 bits per heavy atom. The molecule has 1 aromatic rings. The van der Waals surface area contributed by atoms with Crippen LogP contribution in [0, 0.1) is 0 Å². The molecule has 1 saturated heterocycles. The van der Waals surface area contributed by atoms with Crippen LogP contribution < -0.4 is 5.73 Å². The Bertz CT molecular complexity index is 534. The molecule has 0 bridgehead atoms. The van der Waals surface area contributed by atoms with Crippen molar-refractivity contribution in [2.45, 2.75) is 69.7 Å². The van der Waals surface area contributed by atoms with Crippen molar-refractivity contribution < 1.29 is 4.79 Å². The number of aromatic amines is 1. The normalized spacial score (nSPS) is 25.0. The molecule has 22 heavy (non-hydrogen) atoms. The predicted octanol–water partition coefficient (Wildman–Crippen LogP) is 1.91. The first kappa shape index (κ1) is 15.5. The molecule has 1 aromatic heterocycles. The zero-order valence-electron chi connectivity index (χ0n) is 13.6. The van der Waals surface area contributed by atoms with Crippen molar-refractivity contribution in [1.29, 1.82) is 0 Å². The molecular formula is C16H27N5O. The number of piperidine rings is 1. The smallest absolute Gasteiger partial charge is 0.242 e. The average molecular weight is 305 g/mol. The topological polar surface area (TPSA) is 87.9 Å². The Morgan fingerprint density at radius 2 is 2.18 bits per heavy atom. The van der Waals surface area contributed by atoms with Gasteiger partial charge in [0.05, 0.1) is 5.54 Å². The van der Waals surface area contributed by atoms with Gasteiger partial charge in [0.25, 0.3) is 0 Å². The summed E-state index contributed by atoms with van der Waals surface area (Å²) in [6.45, 7) is 5.40. The van der Waals surface area contributed by atoms with E-state index in [0.717, 1.165) is 43.9 Å². The number of carbonyl (C=O) groups excluding carboxylic acids is 1. The van der Waals surface area contributed by atoms with Gasteiger partial charge in [-0.2, -0.15) is 5.10 Å². The van der Waals surface area contributed by atoms with Crippen LogP contribution in [0.4, 0.5) is 0 Å². The Hall–Kier alpha value is -1.43. The van der Waals surface area contributed by atoms with Gasteiger partial charge in [-0.3, -0.25) is 9.89 Å². The number of hydrogen-bond acceptors (Lipinski definition) is 4. The van der Waals surface area contributed by atoms with E-state index in [9.17, 15) is 4.79 Å². The minimum Gasteiger partial charge on any atom is -0.340 e. The van der Waals surface area contributed by atoms with Crippen molar-refractivity contribution >= 4 is 5.91 Å². The first-order chi connectivity index (χ1) is 10.5. The number of nitrogens with two attached hydrogens (primary N) is 1. The molecule has 0 aromatic carbocycles. The minimum absolute atomic E-state index is 0.0667. The van der Waals surface area contributed by atoms with E-state index in [1.807, 2.05) is 11.8 Å². The van der Waals surface area contributed by atoms with Crippen molar-refractivity contribution in [2.75, 3.05) is 13.1 Å². The summed E-state index contributed by atoms with van der Waals surface area (Å²) in [5.41, 5.74) is 5.45. The summed E-state index contributed by atoms with van der Waals surface area (Å²) < 4.78 is 0. The van der Waals surface area contributed by atoms with Crippen molar-refractivity contribution in [1.82, 2.24) is 20.1 Å². The van der Waals surface area contributed by atoms with Gasteiger partial charge in [0, 0.05) is 24.9 Å². The van der Waals surface area contributed by atoms with E-state index in [0.29, 0.717) is 12.5 Å². The number of nitrogens with one attached hydrogen (secondary N) is 1. The summed E-state index contributed by atoms with van der Waals surface area (Å²) in [5, 5.41) is 7.46. The third kappa shape index (κ3) is 3.16. The Balaban J connectivity index is 1.66. The van der Waals surface area contributed by atoms with Gasteiger partial charge < -0.3 is 10.6 Å². The number of likely N-dealkylation sites (tertiary alicyclic amines) is 1. The van der Waals surface area contributed by atoms with Crippen LogP contribution >= 0.6 is 0 Å². The molecule has 2 heterocycles. The zero-order chi connectivity index (χ0) is 15.7. The fourth-order valence-electron chi connectivity index (χ4n) is 3.37. The lowest BCUT2D eigenvalue weighted by Gasteiger charge is -2.36. The lowest BCUT2D eigenvalue weighted by atomic mass is 9.92. The van der Waals surface area contributed by atoms with Crippen LogP contribution in [-0.2, 0) is 4.79 Å². The molecule has 0 spiro atoms. The second-order valence-corrected chi connectivity index (χ2v) is 7.11. The van der Waals surface area contributed by atoms with Crippen LogP contribution in [0.1, 0.15) is 75.9 Å². The number of H-pyrrole nitrogens is 1. The standard InChI is InChI=1S/C16H27N5O/c1-3-8-16(2,17)15(22)21-9-4-5-12(10-21)14-18-13(19-20-14)11-6-7-11/h11-12H,3-10,17H2,1-2H3,(H,18,19,20). The van der Waals surface area contributed by atoms with Crippen LogP contribution in [0.15, 0.2) is 0 Å². The van der Waals surface area contributed by atoms with Crippen molar-refractivity contribution in [3.63, 3.8) is 0 Å². The quantitative estimate of drug-likeness (QED) is 0.869. The lowest BCUT2D eigenvalue weighted by Crippen LogP contribution is -2.55. The molecule has 3 rings (SSSR count). The fraction of sp³-hybridized carbons (Fsp3) is 0.812. The van der Waals surface area contributed by atoms with Crippen LogP contribution in [0.25, 0.3) is 0 Å². The van der Waals surface area contributed by atoms with Gasteiger partial charge in [-0.05, 0) is 39.0 Å². The molecule has 6 heteroatoms. The van der Waals surface area contributed by atoms with Crippen molar-refractivity contribution in [3.05, 3.63) is 11.6 Å². The van der Waals surface area contributed by atoms with Gasteiger partial charge >= 0.3 is 0 Å². The number of hydrogen-bond donors (Lipinski definition) is 2. The molecule has 0 radical (unpaired) electrons. The maximum absolute atomic E-state index is 12.7. The number of aromatic nitrogens is 3. The monoisotopic (exact) mass is 305 g/mol. The maximum Gasteiger partial charge on any atom is 0.242 e. The highest BCUT2D eigenvalue weighted by molar-refractivity contribution is 5.85. The SMILES string of the molecule is CCCC(C)(N)C(=O)N1CCCC(c2n[nH]c(C3CC3)n2)C1. The van der Waals surface area contributed by atoms with E-state index >= 15 is 0 Å². The molecule has 6 nitrogen and oxygen atoms in total. The highest BCUT2D eigenvalue weighted by Crippen LogP contribution is 2.38. The van der Waals surface area contributed by atoms with Gasteiger partial charge in [0.1, 0.15) is 5.82 Å². The first-order valence-electron chi connectivity index (χ1n) is 8.51. The van der Waals surface area contributed by atoms with Gasteiger partial charge in [0.15, 0.2) is 5.82 Å². The molecule has 1 aliphatic heterocycles. The van der Waals surface area contributed by atoms with E-state index in [1.54, 1.807) is 0 Å². The van der Waals surface area contributed by atoms with E-state index in [-0.39, 0.29) is 11.8 Å². The Kier molecular flexibility index (Phi) is 4.21. The molecule has 2 unspecified atom stereocenters. The molecule has 1 amide bonds. The number of carbonyl (C=O) groups is 1. The fourth-order valence-corrected chi connectivity index (χ4v) is 3.37. The number of rotatable bonds is 5. The molecule has 1 saturated carbocycles. The van der Waals surface area contributed by atoms with Gasteiger partial charge in [-0.15, -0.1) is 0 Å². The van der Waals surface area contributed by atoms with Gasteiger partial charge in [0.2, 0.25) is 5.91 Å². The summed E-state index contributed by atoms with van der Waals surface area (Å²) in [7, 11) is 0. The van der Waals surface area contributed by atoms with Crippen LogP contribution in [0.5, 0.6) is 0 Å². The summed E-state index contributed by atoms with van der Waals surface area (Å²) >= 11 is 0. The second kappa shape index (κ2) is 5.99. The van der Waals surface area contributed by atoms with Gasteiger partial charge in [-0.1, -0.05) is 13.3 Å². The largest absolute Gasteiger partial charge is 0.340 e. The lowest BCUT2D eigenvalue weighted by molar-refractivity contribution is -0.138. The molecule has 3 N–H and O–H groups in total. The number of amides is 1. The van der Waals surface area contributed by atoms with E-state index in [2.05, 4.69) is 22.1 Å². The molecule has 122 valence electrons. The molecule has 2 fully saturated rings.